The second-order valence-electron chi connectivity index (χ2n) is 6.54. The van der Waals surface area contributed by atoms with Gasteiger partial charge in [-0.05, 0) is 51.7 Å². The van der Waals surface area contributed by atoms with Crippen LogP contribution in [0.15, 0.2) is 39.4 Å². The highest BCUT2D eigenvalue weighted by atomic mass is 16.3. The van der Waals surface area contributed by atoms with Gasteiger partial charge in [-0.15, -0.1) is 0 Å². The molecule has 1 aliphatic rings. The first-order chi connectivity index (χ1) is 11.0. The average Bonchev–Trinajstić information content (AvgIpc) is 2.92. The monoisotopic (exact) mass is 316 g/mol. The molecule has 0 aromatic carbocycles. The Morgan fingerprint density at radius 2 is 2.09 bits per heavy atom. The van der Waals surface area contributed by atoms with E-state index in [0.29, 0.717) is 13.1 Å². The quantitative estimate of drug-likeness (QED) is 0.788. The van der Waals surface area contributed by atoms with E-state index in [0.717, 1.165) is 30.2 Å². The van der Waals surface area contributed by atoms with Crippen LogP contribution in [0.4, 0.5) is 0 Å². The van der Waals surface area contributed by atoms with Crippen LogP contribution >= 0.6 is 0 Å². The summed E-state index contributed by atoms with van der Waals surface area (Å²) in [7, 11) is 4.03. The molecule has 2 heterocycles. The summed E-state index contributed by atoms with van der Waals surface area (Å²) >= 11 is 0. The molecule has 0 saturated heterocycles. The lowest BCUT2D eigenvalue weighted by atomic mass is 10.2. The van der Waals surface area contributed by atoms with Gasteiger partial charge in [0.25, 0.3) is 0 Å². The second-order valence-corrected chi connectivity index (χ2v) is 6.54. The van der Waals surface area contributed by atoms with E-state index in [-0.39, 0.29) is 17.7 Å². The second kappa shape index (κ2) is 6.62. The number of carbonyl (C=O) groups is 1. The zero-order valence-electron chi connectivity index (χ0n) is 14.0. The van der Waals surface area contributed by atoms with E-state index in [9.17, 15) is 4.79 Å². The Labute approximate surface area is 136 Å². The first kappa shape index (κ1) is 15.9. The fourth-order valence-corrected chi connectivity index (χ4v) is 2.87. The Balaban J connectivity index is 1.66. The predicted octanol–water partition coefficient (Wildman–Crippen LogP) is 2.87. The van der Waals surface area contributed by atoms with Gasteiger partial charge in [0.15, 0.2) is 0 Å². The van der Waals surface area contributed by atoms with Crippen molar-refractivity contribution < 1.29 is 13.6 Å². The van der Waals surface area contributed by atoms with Gasteiger partial charge in [-0.25, -0.2) is 0 Å². The standard InChI is InChI=1S/C18H24N2O3/c1-13-6-7-14(23-13)12-20(9-8-19(2)3)18(21)16-11-15(16)17-5-4-10-22-17/h4-7,10,15-16H,8-9,11-12H2,1-3H3. The summed E-state index contributed by atoms with van der Waals surface area (Å²) in [5.41, 5.74) is 0. The van der Waals surface area contributed by atoms with Gasteiger partial charge in [0, 0.05) is 24.9 Å². The molecular weight excluding hydrogens is 292 g/mol. The van der Waals surface area contributed by atoms with Gasteiger partial charge < -0.3 is 18.6 Å². The summed E-state index contributed by atoms with van der Waals surface area (Å²) in [5.74, 6) is 3.11. The van der Waals surface area contributed by atoms with E-state index in [4.69, 9.17) is 8.83 Å². The third kappa shape index (κ3) is 3.85. The van der Waals surface area contributed by atoms with Crippen molar-refractivity contribution in [2.45, 2.75) is 25.8 Å². The number of amides is 1. The molecule has 1 fully saturated rings. The van der Waals surface area contributed by atoms with Crippen LogP contribution < -0.4 is 0 Å². The Hall–Kier alpha value is -2.01. The Morgan fingerprint density at radius 1 is 1.26 bits per heavy atom. The molecule has 5 heteroatoms. The van der Waals surface area contributed by atoms with Crippen molar-refractivity contribution in [3.8, 4) is 0 Å². The average molecular weight is 316 g/mol. The molecule has 2 atom stereocenters. The molecule has 2 aromatic rings. The molecule has 3 rings (SSSR count). The Morgan fingerprint density at radius 3 is 2.70 bits per heavy atom. The maximum atomic E-state index is 12.9. The fourth-order valence-electron chi connectivity index (χ4n) is 2.87. The highest BCUT2D eigenvalue weighted by molar-refractivity contribution is 5.82. The molecular formula is C18H24N2O3. The van der Waals surface area contributed by atoms with E-state index in [1.165, 1.54) is 0 Å². The normalized spacial score (nSPS) is 20.0. The summed E-state index contributed by atoms with van der Waals surface area (Å²) < 4.78 is 11.1. The molecule has 2 unspecified atom stereocenters. The van der Waals surface area contributed by atoms with Crippen molar-refractivity contribution in [1.29, 1.82) is 0 Å². The molecule has 1 amide bonds. The van der Waals surface area contributed by atoms with E-state index in [1.54, 1.807) is 6.26 Å². The van der Waals surface area contributed by atoms with E-state index in [2.05, 4.69) is 4.90 Å². The van der Waals surface area contributed by atoms with Gasteiger partial charge in [0.2, 0.25) is 5.91 Å². The smallest absolute Gasteiger partial charge is 0.226 e. The number of rotatable bonds is 7. The van der Waals surface area contributed by atoms with Crippen LogP contribution in [0.5, 0.6) is 0 Å². The molecule has 0 spiro atoms. The van der Waals surface area contributed by atoms with Gasteiger partial charge in [0.05, 0.1) is 12.8 Å². The van der Waals surface area contributed by atoms with E-state index >= 15 is 0 Å². The first-order valence-corrected chi connectivity index (χ1v) is 8.07. The Bertz CT molecular complexity index is 645. The lowest BCUT2D eigenvalue weighted by Gasteiger charge is -2.23. The molecule has 2 aromatic heterocycles. The van der Waals surface area contributed by atoms with Gasteiger partial charge in [-0.1, -0.05) is 0 Å². The van der Waals surface area contributed by atoms with E-state index < -0.39 is 0 Å². The largest absolute Gasteiger partial charge is 0.469 e. The van der Waals surface area contributed by atoms with Crippen LogP contribution in [0.25, 0.3) is 0 Å². The minimum atomic E-state index is 0.0411. The van der Waals surface area contributed by atoms with Crippen LogP contribution in [0.2, 0.25) is 0 Å². The number of hydrogen-bond acceptors (Lipinski definition) is 4. The molecule has 0 radical (unpaired) electrons. The molecule has 124 valence electrons. The SMILES string of the molecule is Cc1ccc(CN(CCN(C)C)C(=O)C2CC2c2ccco2)o1. The van der Waals surface area contributed by atoms with Crippen molar-refractivity contribution in [2.24, 2.45) is 5.92 Å². The highest BCUT2D eigenvalue weighted by Gasteiger charge is 2.47. The third-order valence-corrected chi connectivity index (χ3v) is 4.29. The van der Waals surface area contributed by atoms with Gasteiger partial charge in [-0.3, -0.25) is 4.79 Å². The zero-order chi connectivity index (χ0) is 16.4. The lowest BCUT2D eigenvalue weighted by molar-refractivity contribution is -0.133. The summed E-state index contributed by atoms with van der Waals surface area (Å²) in [6, 6.07) is 7.72. The minimum Gasteiger partial charge on any atom is -0.469 e. The van der Waals surface area contributed by atoms with Crippen LogP contribution in [0.3, 0.4) is 0 Å². The summed E-state index contributed by atoms with van der Waals surface area (Å²) in [6.45, 7) is 3.99. The van der Waals surface area contributed by atoms with Crippen LogP contribution in [-0.4, -0.2) is 42.9 Å². The summed E-state index contributed by atoms with van der Waals surface area (Å²) in [4.78, 5) is 16.9. The Kier molecular flexibility index (Phi) is 4.57. The van der Waals surface area contributed by atoms with Gasteiger partial charge in [0.1, 0.15) is 17.3 Å². The molecule has 0 aliphatic heterocycles. The van der Waals surface area contributed by atoms with Crippen molar-refractivity contribution in [2.75, 3.05) is 27.2 Å². The van der Waals surface area contributed by atoms with Gasteiger partial charge in [-0.2, -0.15) is 0 Å². The number of aryl methyl sites for hydroxylation is 1. The maximum Gasteiger partial charge on any atom is 0.226 e. The fraction of sp³-hybridized carbons (Fsp3) is 0.500. The first-order valence-electron chi connectivity index (χ1n) is 8.07. The predicted molar refractivity (Wildman–Crippen MR) is 87.0 cm³/mol. The lowest BCUT2D eigenvalue weighted by Crippen LogP contribution is -2.37. The maximum absolute atomic E-state index is 12.9. The van der Waals surface area contributed by atoms with E-state index in [1.807, 2.05) is 50.2 Å². The third-order valence-electron chi connectivity index (χ3n) is 4.29. The number of furan rings is 2. The topological polar surface area (TPSA) is 49.8 Å². The zero-order valence-corrected chi connectivity index (χ0v) is 14.0. The summed E-state index contributed by atoms with van der Waals surface area (Å²) in [5, 5.41) is 0. The molecule has 23 heavy (non-hydrogen) atoms. The molecule has 1 aliphatic carbocycles. The summed E-state index contributed by atoms with van der Waals surface area (Å²) in [6.07, 6.45) is 2.55. The highest BCUT2D eigenvalue weighted by Crippen LogP contribution is 2.48. The van der Waals surface area contributed by atoms with Crippen LogP contribution in [-0.2, 0) is 11.3 Å². The molecule has 0 N–H and O–H groups in total. The van der Waals surface area contributed by atoms with Crippen molar-refractivity contribution in [1.82, 2.24) is 9.80 Å². The van der Waals surface area contributed by atoms with Crippen molar-refractivity contribution in [3.63, 3.8) is 0 Å². The molecule has 1 saturated carbocycles. The number of carbonyl (C=O) groups excluding carboxylic acids is 1. The number of likely N-dealkylation sites (N-methyl/N-ethyl adjacent to an activating group) is 1. The van der Waals surface area contributed by atoms with Crippen LogP contribution in [0, 0.1) is 12.8 Å². The molecule has 5 nitrogen and oxygen atoms in total. The molecule has 0 bridgehead atoms. The number of hydrogen-bond donors (Lipinski definition) is 0. The number of nitrogens with zero attached hydrogens (tertiary/aromatic N) is 2. The van der Waals surface area contributed by atoms with Crippen molar-refractivity contribution in [3.05, 3.63) is 47.8 Å². The minimum absolute atomic E-state index is 0.0411. The van der Waals surface area contributed by atoms with Gasteiger partial charge >= 0.3 is 0 Å². The van der Waals surface area contributed by atoms with Crippen molar-refractivity contribution >= 4 is 5.91 Å². The van der Waals surface area contributed by atoms with Crippen LogP contribution in [0.1, 0.15) is 29.6 Å².